The van der Waals surface area contributed by atoms with E-state index in [0.717, 1.165) is 76.2 Å². The standard InChI is InChI=1S/C46H28O5/c47-42-40(30-19-9-12-25-10-1-3-13-28(25)30)43(48)45(50)44(49)41(42)39-33-17-7-5-15-31(33)38(32-16-6-8-18-34(32)39)27-21-23-37-36(24-27)35-22-20-26-11-2-4-14-29(26)46(35)51-37/h1-24,47-50H. The van der Waals surface area contributed by atoms with Crippen LogP contribution in [-0.2, 0) is 0 Å². The summed E-state index contributed by atoms with van der Waals surface area (Å²) in [4.78, 5) is 0. The van der Waals surface area contributed by atoms with E-state index in [1.807, 2.05) is 103 Å². The Morgan fingerprint density at radius 3 is 1.57 bits per heavy atom. The fraction of sp³-hybridized carbons (Fsp3) is 0. The molecule has 5 heteroatoms. The highest BCUT2D eigenvalue weighted by molar-refractivity contribution is 6.24. The Balaban J connectivity index is 1.29. The number of hydrogen-bond acceptors (Lipinski definition) is 5. The molecule has 10 aromatic rings. The molecule has 51 heavy (non-hydrogen) atoms. The average Bonchev–Trinajstić information content (AvgIpc) is 3.55. The molecule has 0 unspecified atom stereocenters. The SMILES string of the molecule is Oc1c(O)c(-c2cccc3ccccc23)c(O)c(-c2c3ccccc3c(-c3ccc4oc5c6ccccc6ccc5c4c3)c3ccccc23)c1O. The molecule has 0 saturated carbocycles. The molecule has 0 bridgehead atoms. The average molecular weight is 661 g/mol. The van der Waals surface area contributed by atoms with Crippen LogP contribution in [0.5, 0.6) is 23.0 Å². The third kappa shape index (κ3) is 4.09. The fourth-order valence-corrected chi connectivity index (χ4v) is 8.00. The predicted molar refractivity (Wildman–Crippen MR) is 207 cm³/mol. The zero-order valence-electron chi connectivity index (χ0n) is 27.1. The van der Waals surface area contributed by atoms with E-state index in [2.05, 4.69) is 36.4 Å². The normalized spacial score (nSPS) is 11.8. The molecule has 1 aromatic heterocycles. The van der Waals surface area contributed by atoms with Crippen LogP contribution in [0.3, 0.4) is 0 Å². The summed E-state index contributed by atoms with van der Waals surface area (Å²) < 4.78 is 6.43. The number of rotatable bonds is 3. The van der Waals surface area contributed by atoms with E-state index in [1.54, 1.807) is 6.07 Å². The minimum absolute atomic E-state index is 0.0374. The Morgan fingerprint density at radius 2 is 0.882 bits per heavy atom. The zero-order chi connectivity index (χ0) is 34.4. The van der Waals surface area contributed by atoms with Crippen molar-refractivity contribution in [1.82, 2.24) is 0 Å². The van der Waals surface area contributed by atoms with Gasteiger partial charge in [-0.1, -0.05) is 127 Å². The topological polar surface area (TPSA) is 94.1 Å². The molecule has 0 radical (unpaired) electrons. The second kappa shape index (κ2) is 10.8. The van der Waals surface area contributed by atoms with Crippen molar-refractivity contribution in [3.63, 3.8) is 0 Å². The van der Waals surface area contributed by atoms with Gasteiger partial charge in [0.15, 0.2) is 11.5 Å². The molecule has 1 heterocycles. The van der Waals surface area contributed by atoms with Gasteiger partial charge in [-0.15, -0.1) is 0 Å². The summed E-state index contributed by atoms with van der Waals surface area (Å²) in [5.74, 6) is -2.23. The third-order valence-corrected chi connectivity index (χ3v) is 10.3. The maximum Gasteiger partial charge on any atom is 0.201 e. The molecule has 5 nitrogen and oxygen atoms in total. The van der Waals surface area contributed by atoms with Crippen molar-refractivity contribution in [3.8, 4) is 56.4 Å². The largest absolute Gasteiger partial charge is 0.506 e. The number of benzene rings is 9. The van der Waals surface area contributed by atoms with E-state index in [1.165, 1.54) is 0 Å². The van der Waals surface area contributed by atoms with Gasteiger partial charge in [-0.25, -0.2) is 0 Å². The first kappa shape index (κ1) is 29.0. The summed E-state index contributed by atoms with van der Waals surface area (Å²) in [5.41, 5.74) is 4.76. The first-order valence-electron chi connectivity index (χ1n) is 16.8. The Hall–Kier alpha value is -6.98. The summed E-state index contributed by atoms with van der Waals surface area (Å²) in [6, 6.07) is 47.7. The van der Waals surface area contributed by atoms with Crippen LogP contribution >= 0.6 is 0 Å². The lowest BCUT2D eigenvalue weighted by Gasteiger charge is -2.21. The lowest BCUT2D eigenvalue weighted by atomic mass is 9.84. The van der Waals surface area contributed by atoms with Crippen molar-refractivity contribution in [2.45, 2.75) is 0 Å². The van der Waals surface area contributed by atoms with Crippen LogP contribution in [0.4, 0.5) is 0 Å². The Bertz CT molecular complexity index is 3020. The van der Waals surface area contributed by atoms with Crippen molar-refractivity contribution in [2.75, 3.05) is 0 Å². The van der Waals surface area contributed by atoms with Gasteiger partial charge in [0.2, 0.25) is 5.75 Å². The smallest absolute Gasteiger partial charge is 0.201 e. The highest BCUT2D eigenvalue weighted by atomic mass is 16.3. The van der Waals surface area contributed by atoms with Crippen LogP contribution < -0.4 is 0 Å². The summed E-state index contributed by atoms with van der Waals surface area (Å²) in [5, 5.41) is 55.5. The molecule has 0 fully saturated rings. The number of aromatic hydroxyl groups is 4. The highest BCUT2D eigenvalue weighted by Gasteiger charge is 2.29. The first-order chi connectivity index (χ1) is 25.0. The van der Waals surface area contributed by atoms with E-state index < -0.39 is 17.2 Å². The molecule has 0 aliphatic carbocycles. The van der Waals surface area contributed by atoms with Crippen molar-refractivity contribution in [3.05, 3.63) is 146 Å². The predicted octanol–water partition coefficient (Wildman–Crippen LogP) is 12.0. The molecular weight excluding hydrogens is 633 g/mol. The zero-order valence-corrected chi connectivity index (χ0v) is 27.1. The van der Waals surface area contributed by atoms with E-state index >= 15 is 0 Å². The van der Waals surface area contributed by atoms with Gasteiger partial charge >= 0.3 is 0 Å². The van der Waals surface area contributed by atoms with E-state index in [4.69, 9.17) is 4.42 Å². The molecule has 9 aromatic carbocycles. The second-order valence-electron chi connectivity index (χ2n) is 13.0. The van der Waals surface area contributed by atoms with Crippen LogP contribution in [-0.4, -0.2) is 20.4 Å². The molecule has 0 aliphatic rings. The summed E-state index contributed by atoms with van der Waals surface area (Å²) in [6.07, 6.45) is 0. The van der Waals surface area contributed by atoms with Crippen LogP contribution in [0.15, 0.2) is 150 Å². The van der Waals surface area contributed by atoms with Crippen molar-refractivity contribution < 1.29 is 24.8 Å². The number of fused-ring (bicyclic) bond motifs is 8. The van der Waals surface area contributed by atoms with Crippen LogP contribution in [0.2, 0.25) is 0 Å². The molecule has 10 rings (SSSR count). The van der Waals surface area contributed by atoms with Gasteiger partial charge in [0, 0.05) is 21.7 Å². The summed E-state index contributed by atoms with van der Waals surface area (Å²) >= 11 is 0. The van der Waals surface area contributed by atoms with Crippen LogP contribution in [0.25, 0.3) is 98.4 Å². The molecule has 0 saturated heterocycles. The molecule has 0 amide bonds. The summed E-state index contributed by atoms with van der Waals surface area (Å²) in [6.45, 7) is 0. The quantitative estimate of drug-likeness (QED) is 0.0859. The molecule has 4 N–H and O–H groups in total. The number of hydrogen-bond donors (Lipinski definition) is 4. The van der Waals surface area contributed by atoms with Gasteiger partial charge in [0.05, 0.1) is 11.1 Å². The fourth-order valence-electron chi connectivity index (χ4n) is 8.00. The molecule has 242 valence electrons. The number of phenolic OH excluding ortho intramolecular Hbond substituents is 4. The minimum atomic E-state index is -0.701. The van der Waals surface area contributed by atoms with Gasteiger partial charge in [0.25, 0.3) is 0 Å². The van der Waals surface area contributed by atoms with Crippen molar-refractivity contribution in [2.24, 2.45) is 0 Å². The molecular formula is C46H28O5. The lowest BCUT2D eigenvalue weighted by molar-refractivity contribution is 0.364. The first-order valence-corrected chi connectivity index (χ1v) is 16.8. The number of furan rings is 1. The molecule has 0 atom stereocenters. The van der Waals surface area contributed by atoms with Gasteiger partial charge in [0.1, 0.15) is 16.9 Å². The van der Waals surface area contributed by atoms with Crippen molar-refractivity contribution >= 4 is 65.0 Å². The van der Waals surface area contributed by atoms with Crippen LogP contribution in [0, 0.1) is 0 Å². The second-order valence-corrected chi connectivity index (χ2v) is 13.0. The van der Waals surface area contributed by atoms with Crippen molar-refractivity contribution in [1.29, 1.82) is 0 Å². The van der Waals surface area contributed by atoms with Gasteiger partial charge in [-0.3, -0.25) is 0 Å². The van der Waals surface area contributed by atoms with Gasteiger partial charge < -0.3 is 24.8 Å². The maximum atomic E-state index is 12.2. The van der Waals surface area contributed by atoms with E-state index in [-0.39, 0.29) is 16.9 Å². The Morgan fingerprint density at radius 1 is 0.333 bits per heavy atom. The van der Waals surface area contributed by atoms with E-state index in [0.29, 0.717) is 11.1 Å². The Kier molecular flexibility index (Phi) is 6.11. The maximum absolute atomic E-state index is 12.2. The molecule has 0 spiro atoms. The van der Waals surface area contributed by atoms with Gasteiger partial charge in [-0.2, -0.15) is 0 Å². The van der Waals surface area contributed by atoms with Crippen LogP contribution in [0.1, 0.15) is 0 Å². The highest BCUT2D eigenvalue weighted by Crippen LogP contribution is 2.58. The summed E-state index contributed by atoms with van der Waals surface area (Å²) in [7, 11) is 0. The lowest BCUT2D eigenvalue weighted by Crippen LogP contribution is -1.94. The number of phenols is 4. The van der Waals surface area contributed by atoms with Gasteiger partial charge in [-0.05, 0) is 72.6 Å². The molecule has 0 aliphatic heterocycles. The minimum Gasteiger partial charge on any atom is -0.506 e. The Labute approximate surface area is 291 Å². The monoisotopic (exact) mass is 660 g/mol. The third-order valence-electron chi connectivity index (χ3n) is 10.3. The van der Waals surface area contributed by atoms with E-state index in [9.17, 15) is 20.4 Å².